The van der Waals surface area contributed by atoms with E-state index in [2.05, 4.69) is 11.1 Å². The van der Waals surface area contributed by atoms with Crippen molar-refractivity contribution in [2.24, 2.45) is 0 Å². The Kier molecular flexibility index (Phi) is 3.84. The average Bonchev–Trinajstić information content (AvgIpc) is 2.62. The predicted octanol–water partition coefficient (Wildman–Crippen LogP) is 3.71. The van der Waals surface area contributed by atoms with Crippen LogP contribution in [-0.2, 0) is 0 Å². The topological polar surface area (TPSA) is 47.2 Å². The molecule has 0 fully saturated rings. The summed E-state index contributed by atoms with van der Waals surface area (Å²) in [4.78, 5) is 3.20. The Bertz CT molecular complexity index is 821. The molecule has 3 heteroatoms. The molecule has 106 valence electrons. The number of pyridine rings is 1. The van der Waals surface area contributed by atoms with E-state index in [1.165, 1.54) is 0 Å². The fraction of sp³-hybridized carbons (Fsp3) is 0.0526. The molecule has 22 heavy (non-hydrogen) atoms. The summed E-state index contributed by atoms with van der Waals surface area (Å²) < 4.78 is 5.38. The third-order valence-electron chi connectivity index (χ3n) is 3.52. The summed E-state index contributed by atoms with van der Waals surface area (Å²) in [5, 5.41) is 9.50. The molecular formula is C19H15N2O+. The van der Waals surface area contributed by atoms with E-state index in [1.807, 2.05) is 66.7 Å². The molecule has 3 aromatic rings. The maximum Gasteiger partial charge on any atom is 0.385 e. The van der Waals surface area contributed by atoms with Gasteiger partial charge in [0.1, 0.15) is 6.07 Å². The average molecular weight is 287 g/mol. The molecule has 0 aliphatic heterocycles. The summed E-state index contributed by atoms with van der Waals surface area (Å²) in [6.45, 7) is 0. The highest BCUT2D eigenvalue weighted by molar-refractivity contribution is 5.75. The van der Waals surface area contributed by atoms with Crippen molar-refractivity contribution in [2.45, 2.75) is 0 Å². The highest BCUT2D eigenvalue weighted by Gasteiger charge is 2.21. The first-order valence-electron chi connectivity index (χ1n) is 6.98. The van der Waals surface area contributed by atoms with Crippen molar-refractivity contribution < 1.29 is 9.72 Å². The highest BCUT2D eigenvalue weighted by Crippen LogP contribution is 2.30. The number of rotatable bonds is 3. The zero-order valence-corrected chi connectivity index (χ0v) is 12.2. The SMILES string of the molecule is COc1[nH+]c(-c2ccccc2)cc(-c2ccccc2)c1C#N. The monoisotopic (exact) mass is 287 g/mol. The largest absolute Gasteiger partial charge is 0.447 e. The number of ether oxygens (including phenoxy) is 1. The lowest BCUT2D eigenvalue weighted by Gasteiger charge is -2.06. The van der Waals surface area contributed by atoms with Crippen molar-refractivity contribution >= 4 is 0 Å². The van der Waals surface area contributed by atoms with Gasteiger partial charge in [0.25, 0.3) is 0 Å². The lowest BCUT2D eigenvalue weighted by Crippen LogP contribution is -2.14. The second-order valence-electron chi connectivity index (χ2n) is 4.85. The molecule has 1 N–H and O–H groups in total. The molecule has 0 spiro atoms. The predicted molar refractivity (Wildman–Crippen MR) is 85.1 cm³/mol. The molecule has 0 atom stereocenters. The summed E-state index contributed by atoms with van der Waals surface area (Å²) >= 11 is 0. The van der Waals surface area contributed by atoms with Crippen LogP contribution in [-0.4, -0.2) is 7.11 Å². The lowest BCUT2D eigenvalue weighted by atomic mass is 9.99. The normalized spacial score (nSPS) is 10.0. The maximum absolute atomic E-state index is 9.50. The molecule has 0 saturated heterocycles. The van der Waals surface area contributed by atoms with Gasteiger partial charge in [-0.05, 0) is 17.7 Å². The van der Waals surface area contributed by atoms with Gasteiger partial charge in [0.15, 0.2) is 5.56 Å². The Morgan fingerprint density at radius 2 is 1.50 bits per heavy atom. The van der Waals surface area contributed by atoms with Crippen molar-refractivity contribution in [3.05, 3.63) is 72.3 Å². The molecule has 0 saturated carbocycles. The molecule has 3 rings (SSSR count). The van der Waals surface area contributed by atoms with Gasteiger partial charge in [0.2, 0.25) is 5.69 Å². The number of methoxy groups -OCH3 is 1. The van der Waals surface area contributed by atoms with Gasteiger partial charge in [-0.1, -0.05) is 48.5 Å². The smallest absolute Gasteiger partial charge is 0.385 e. The minimum Gasteiger partial charge on any atom is -0.447 e. The molecule has 0 aliphatic rings. The molecule has 0 bridgehead atoms. The second kappa shape index (κ2) is 6.11. The van der Waals surface area contributed by atoms with E-state index < -0.39 is 0 Å². The fourth-order valence-electron chi connectivity index (χ4n) is 2.44. The van der Waals surface area contributed by atoms with Crippen LogP contribution >= 0.6 is 0 Å². The molecule has 0 aliphatic carbocycles. The van der Waals surface area contributed by atoms with Crippen LogP contribution in [0.25, 0.3) is 22.4 Å². The summed E-state index contributed by atoms with van der Waals surface area (Å²) in [6, 6.07) is 24.1. The number of nitrogens with one attached hydrogen (secondary N) is 1. The van der Waals surface area contributed by atoms with E-state index in [1.54, 1.807) is 7.11 Å². The molecule has 3 nitrogen and oxygen atoms in total. The molecule has 0 radical (unpaired) electrons. The van der Waals surface area contributed by atoms with Gasteiger partial charge in [-0.15, -0.1) is 0 Å². The Hall–Kier alpha value is -3.12. The van der Waals surface area contributed by atoms with E-state index >= 15 is 0 Å². The second-order valence-corrected chi connectivity index (χ2v) is 4.85. The van der Waals surface area contributed by atoms with Crippen molar-refractivity contribution in [3.63, 3.8) is 0 Å². The van der Waals surface area contributed by atoms with Crippen LogP contribution in [0, 0.1) is 11.3 Å². The van der Waals surface area contributed by atoms with Crippen LogP contribution in [0.2, 0.25) is 0 Å². The van der Waals surface area contributed by atoms with Gasteiger partial charge in [-0.3, -0.25) is 0 Å². The molecular weight excluding hydrogens is 272 g/mol. The van der Waals surface area contributed by atoms with Crippen LogP contribution in [0.4, 0.5) is 0 Å². The first kappa shape index (κ1) is 13.8. The first-order chi connectivity index (χ1) is 10.8. The Balaban J connectivity index is 2.26. The number of hydrogen-bond donors (Lipinski definition) is 0. The summed E-state index contributed by atoms with van der Waals surface area (Å²) in [7, 11) is 1.57. The van der Waals surface area contributed by atoms with E-state index in [4.69, 9.17) is 4.74 Å². The molecule has 0 unspecified atom stereocenters. The van der Waals surface area contributed by atoms with Gasteiger partial charge in [0, 0.05) is 17.2 Å². The van der Waals surface area contributed by atoms with Crippen LogP contribution < -0.4 is 9.72 Å². The number of nitriles is 1. The van der Waals surface area contributed by atoms with Gasteiger partial charge < -0.3 is 4.74 Å². The van der Waals surface area contributed by atoms with Crippen molar-refractivity contribution in [1.29, 1.82) is 5.26 Å². The zero-order chi connectivity index (χ0) is 15.4. The number of hydrogen-bond acceptors (Lipinski definition) is 2. The van der Waals surface area contributed by atoms with Crippen molar-refractivity contribution in [3.8, 4) is 34.3 Å². The van der Waals surface area contributed by atoms with E-state index in [0.29, 0.717) is 11.4 Å². The van der Waals surface area contributed by atoms with E-state index in [0.717, 1.165) is 22.4 Å². The van der Waals surface area contributed by atoms with E-state index in [9.17, 15) is 5.26 Å². The quantitative estimate of drug-likeness (QED) is 0.737. The number of aromatic nitrogens is 1. The van der Waals surface area contributed by atoms with Crippen LogP contribution in [0.1, 0.15) is 5.56 Å². The fourth-order valence-corrected chi connectivity index (χ4v) is 2.44. The van der Waals surface area contributed by atoms with Gasteiger partial charge in [0.05, 0.1) is 7.11 Å². The number of aromatic amines is 1. The van der Waals surface area contributed by atoms with E-state index in [-0.39, 0.29) is 0 Å². The Morgan fingerprint density at radius 3 is 2.05 bits per heavy atom. The molecule has 0 amide bonds. The van der Waals surface area contributed by atoms with Crippen molar-refractivity contribution in [2.75, 3.05) is 7.11 Å². The van der Waals surface area contributed by atoms with Crippen LogP contribution in [0.3, 0.4) is 0 Å². The third kappa shape index (κ3) is 2.55. The van der Waals surface area contributed by atoms with Crippen LogP contribution in [0.15, 0.2) is 66.7 Å². The summed E-state index contributed by atoms with van der Waals surface area (Å²) in [5.41, 5.74) is 4.31. The van der Waals surface area contributed by atoms with Crippen molar-refractivity contribution in [1.82, 2.24) is 0 Å². The van der Waals surface area contributed by atoms with Crippen LogP contribution in [0.5, 0.6) is 5.88 Å². The van der Waals surface area contributed by atoms with Gasteiger partial charge in [-0.2, -0.15) is 10.2 Å². The highest BCUT2D eigenvalue weighted by atomic mass is 16.5. The molecule has 1 aromatic heterocycles. The van der Waals surface area contributed by atoms with Gasteiger partial charge in [-0.25, -0.2) is 0 Å². The summed E-state index contributed by atoms with van der Waals surface area (Å²) in [6.07, 6.45) is 0. The first-order valence-corrected chi connectivity index (χ1v) is 6.98. The summed E-state index contributed by atoms with van der Waals surface area (Å²) in [5.74, 6) is 0.475. The Morgan fingerprint density at radius 1 is 0.909 bits per heavy atom. The maximum atomic E-state index is 9.50. The number of benzene rings is 2. The minimum absolute atomic E-state index is 0.475. The number of H-pyrrole nitrogens is 1. The van der Waals surface area contributed by atoms with Gasteiger partial charge >= 0.3 is 5.88 Å². The third-order valence-corrected chi connectivity index (χ3v) is 3.52. The standard InChI is InChI=1S/C19H14N2O/c1-22-19-17(13-20)16(14-8-4-2-5-9-14)12-18(21-19)15-10-6-3-7-11-15/h2-12H,1H3/p+1. The molecule has 2 aromatic carbocycles. The Labute approximate surface area is 129 Å². The lowest BCUT2D eigenvalue weighted by molar-refractivity contribution is -0.380. The number of nitrogens with zero attached hydrogens (tertiary/aromatic N) is 1. The molecule has 1 heterocycles. The zero-order valence-electron chi connectivity index (χ0n) is 12.2. The minimum atomic E-state index is 0.475.